The number of alkyl halides is 2. The topological polar surface area (TPSA) is 18.5 Å². The van der Waals surface area contributed by atoms with E-state index < -0.39 is 18.5 Å². The molecule has 0 saturated heterocycles. The second-order valence-electron chi connectivity index (χ2n) is 2.80. The van der Waals surface area contributed by atoms with Crippen LogP contribution in [0.15, 0.2) is 0 Å². The van der Waals surface area contributed by atoms with Crippen molar-refractivity contribution in [2.24, 2.45) is 0 Å². The molecule has 0 heterocycles. The Bertz CT molecular complexity index is 101. The molecule has 0 atom stereocenters. The van der Waals surface area contributed by atoms with Crippen LogP contribution in [0.25, 0.3) is 0 Å². The summed E-state index contributed by atoms with van der Waals surface area (Å²) >= 11 is 0. The Morgan fingerprint density at radius 3 is 1.36 bits per heavy atom. The molecule has 0 radical (unpaired) electrons. The summed E-state index contributed by atoms with van der Waals surface area (Å²) in [5, 5.41) is 0. The van der Waals surface area contributed by atoms with Gasteiger partial charge in [0.05, 0.1) is 12.2 Å². The first-order chi connectivity index (χ1) is 4.83. The van der Waals surface area contributed by atoms with Gasteiger partial charge in [0.25, 0.3) is 0 Å². The van der Waals surface area contributed by atoms with E-state index in [1.54, 1.807) is 0 Å². The Balaban J connectivity index is 3.79. The summed E-state index contributed by atoms with van der Waals surface area (Å²) in [4.78, 5) is 0. The molecule has 68 valence electrons. The van der Waals surface area contributed by atoms with Gasteiger partial charge in [-0.15, -0.1) is 8.78 Å². The number of ether oxygens (including phenoxy) is 2. The minimum Gasteiger partial charge on any atom is -0.293 e. The first-order valence-corrected chi connectivity index (χ1v) is 3.57. The van der Waals surface area contributed by atoms with E-state index in [0.29, 0.717) is 0 Å². The Labute approximate surface area is 65.5 Å². The third kappa shape index (κ3) is 6.19. The summed E-state index contributed by atoms with van der Waals surface area (Å²) < 4.78 is 33.3. The molecule has 2 nitrogen and oxygen atoms in total. The summed E-state index contributed by atoms with van der Waals surface area (Å²) in [5.74, 6) is 0. The number of hydrogen-bond acceptors (Lipinski definition) is 2. The maximum Gasteiger partial charge on any atom is 0.485 e. The van der Waals surface area contributed by atoms with Gasteiger partial charge in [-0.3, -0.25) is 9.47 Å². The average Bonchev–Trinajstić information content (AvgIpc) is 1.53. The van der Waals surface area contributed by atoms with Crippen LogP contribution in [0.3, 0.4) is 0 Å². The molecule has 0 aromatic rings. The van der Waals surface area contributed by atoms with Crippen molar-refractivity contribution in [2.45, 2.75) is 46.2 Å². The fourth-order valence-electron chi connectivity index (χ4n) is 0.577. The highest BCUT2D eigenvalue weighted by Crippen LogP contribution is 2.20. The Morgan fingerprint density at radius 2 is 1.18 bits per heavy atom. The quantitative estimate of drug-likeness (QED) is 0.600. The first-order valence-electron chi connectivity index (χ1n) is 3.57. The molecule has 0 unspecified atom stereocenters. The van der Waals surface area contributed by atoms with Gasteiger partial charge in [0.2, 0.25) is 0 Å². The molecule has 0 aromatic carbocycles. The van der Waals surface area contributed by atoms with E-state index in [0.717, 1.165) is 0 Å². The molecule has 11 heavy (non-hydrogen) atoms. The van der Waals surface area contributed by atoms with Gasteiger partial charge in [-0.2, -0.15) is 0 Å². The minimum absolute atomic E-state index is 0.538. The second-order valence-corrected chi connectivity index (χ2v) is 2.80. The van der Waals surface area contributed by atoms with Gasteiger partial charge in [-0.25, -0.2) is 0 Å². The first kappa shape index (κ1) is 10.8. The van der Waals surface area contributed by atoms with Crippen molar-refractivity contribution in [2.75, 3.05) is 0 Å². The molecule has 0 amide bonds. The second kappa shape index (κ2) is 3.97. The van der Waals surface area contributed by atoms with Crippen molar-refractivity contribution >= 4 is 0 Å². The predicted octanol–water partition coefficient (Wildman–Crippen LogP) is 2.39. The van der Waals surface area contributed by atoms with E-state index in [-0.39, 0.29) is 0 Å². The van der Waals surface area contributed by atoms with Crippen LogP contribution in [0.2, 0.25) is 0 Å². The summed E-state index contributed by atoms with van der Waals surface area (Å²) in [6.07, 6.45) is -4.53. The molecule has 0 aliphatic carbocycles. The lowest BCUT2D eigenvalue weighted by atomic mass is 10.5. The van der Waals surface area contributed by atoms with Crippen molar-refractivity contribution in [1.82, 2.24) is 0 Å². The van der Waals surface area contributed by atoms with E-state index in [2.05, 4.69) is 9.47 Å². The molecule has 0 aliphatic heterocycles. The molecular weight excluding hydrogens is 154 g/mol. The van der Waals surface area contributed by atoms with Crippen LogP contribution in [0.1, 0.15) is 27.7 Å². The Morgan fingerprint density at radius 1 is 0.909 bits per heavy atom. The maximum atomic E-state index is 12.5. The molecule has 0 N–H and O–H groups in total. The highest BCUT2D eigenvalue weighted by Gasteiger charge is 2.34. The summed E-state index contributed by atoms with van der Waals surface area (Å²) in [6, 6.07) is 0. The SMILES string of the molecule is CC(C)OC(F)(F)OC(C)C. The van der Waals surface area contributed by atoms with Crippen LogP contribution in [0.5, 0.6) is 0 Å². The Kier molecular flexibility index (Phi) is 3.89. The van der Waals surface area contributed by atoms with Crippen molar-refractivity contribution in [1.29, 1.82) is 0 Å². The average molecular weight is 168 g/mol. The van der Waals surface area contributed by atoms with Crippen LogP contribution in [-0.2, 0) is 9.47 Å². The largest absolute Gasteiger partial charge is 0.485 e. The number of halogens is 2. The predicted molar refractivity (Wildman–Crippen MR) is 37.4 cm³/mol. The van der Waals surface area contributed by atoms with Gasteiger partial charge >= 0.3 is 6.29 Å². The number of rotatable bonds is 4. The van der Waals surface area contributed by atoms with Crippen molar-refractivity contribution in [3.8, 4) is 0 Å². The zero-order valence-corrected chi connectivity index (χ0v) is 7.23. The van der Waals surface area contributed by atoms with Gasteiger partial charge in [0.1, 0.15) is 0 Å². The van der Waals surface area contributed by atoms with E-state index in [4.69, 9.17) is 0 Å². The summed E-state index contributed by atoms with van der Waals surface area (Å²) in [5.41, 5.74) is 0. The summed E-state index contributed by atoms with van der Waals surface area (Å²) in [7, 11) is 0. The van der Waals surface area contributed by atoms with Gasteiger partial charge in [0, 0.05) is 0 Å². The fraction of sp³-hybridized carbons (Fsp3) is 1.00. The van der Waals surface area contributed by atoms with E-state index in [1.165, 1.54) is 27.7 Å². The Hall–Kier alpha value is -0.220. The van der Waals surface area contributed by atoms with Crippen LogP contribution < -0.4 is 0 Å². The lowest BCUT2D eigenvalue weighted by Crippen LogP contribution is -2.31. The zero-order valence-electron chi connectivity index (χ0n) is 7.23. The highest BCUT2D eigenvalue weighted by atomic mass is 19.3. The normalized spacial score (nSPS) is 13.1. The molecule has 0 bridgehead atoms. The smallest absolute Gasteiger partial charge is 0.293 e. The van der Waals surface area contributed by atoms with Gasteiger partial charge in [0.15, 0.2) is 0 Å². The fourth-order valence-corrected chi connectivity index (χ4v) is 0.577. The van der Waals surface area contributed by atoms with Crippen molar-refractivity contribution < 1.29 is 18.3 Å². The molecule has 0 aliphatic rings. The molecule has 0 rings (SSSR count). The molecule has 0 spiro atoms. The summed E-state index contributed by atoms with van der Waals surface area (Å²) in [6.45, 7) is 6.10. The molecule has 4 heteroatoms. The molecule has 0 saturated carbocycles. The molecule has 0 aromatic heterocycles. The maximum absolute atomic E-state index is 12.5. The zero-order chi connectivity index (χ0) is 9.07. The lowest BCUT2D eigenvalue weighted by Gasteiger charge is -2.20. The lowest BCUT2D eigenvalue weighted by molar-refractivity contribution is -0.412. The van der Waals surface area contributed by atoms with Crippen LogP contribution in [0, 0.1) is 0 Å². The molecular formula is C7H14F2O2. The van der Waals surface area contributed by atoms with E-state index in [9.17, 15) is 8.78 Å². The van der Waals surface area contributed by atoms with Gasteiger partial charge in [-0.05, 0) is 27.7 Å². The monoisotopic (exact) mass is 168 g/mol. The highest BCUT2D eigenvalue weighted by molar-refractivity contribution is 4.44. The van der Waals surface area contributed by atoms with Crippen LogP contribution in [0.4, 0.5) is 8.78 Å². The van der Waals surface area contributed by atoms with Crippen LogP contribution >= 0.6 is 0 Å². The van der Waals surface area contributed by atoms with E-state index in [1.807, 2.05) is 0 Å². The standard InChI is InChI=1S/C7H14F2O2/c1-5(2)10-7(8,9)11-6(3)4/h5-6H,1-4H3. The third-order valence-corrected chi connectivity index (χ3v) is 0.746. The number of hydrogen-bond donors (Lipinski definition) is 0. The van der Waals surface area contributed by atoms with E-state index >= 15 is 0 Å². The van der Waals surface area contributed by atoms with Crippen molar-refractivity contribution in [3.05, 3.63) is 0 Å². The van der Waals surface area contributed by atoms with Gasteiger partial charge in [-0.1, -0.05) is 0 Å². The van der Waals surface area contributed by atoms with Crippen LogP contribution in [-0.4, -0.2) is 18.5 Å². The third-order valence-electron chi connectivity index (χ3n) is 0.746. The van der Waals surface area contributed by atoms with Gasteiger partial charge < -0.3 is 0 Å². The molecule has 0 fully saturated rings. The van der Waals surface area contributed by atoms with Crippen molar-refractivity contribution in [3.63, 3.8) is 0 Å². The minimum atomic E-state index is -3.46.